The number of aliphatic hydroxyl groups excluding tert-OH is 1. The summed E-state index contributed by atoms with van der Waals surface area (Å²) in [6.45, 7) is -0.0235. The summed E-state index contributed by atoms with van der Waals surface area (Å²) < 4.78 is 6.91. The predicted octanol–water partition coefficient (Wildman–Crippen LogP) is 2.14. The lowest BCUT2D eigenvalue weighted by Gasteiger charge is -2.14. The summed E-state index contributed by atoms with van der Waals surface area (Å²) in [5.41, 5.74) is 1.17. The number of hydrogen-bond donors (Lipinski definition) is 2. The molecule has 0 aliphatic heterocycles. The first-order valence-corrected chi connectivity index (χ1v) is 8.66. The first-order valence-electron chi connectivity index (χ1n) is 7.91. The van der Waals surface area contributed by atoms with Gasteiger partial charge in [0.1, 0.15) is 29.8 Å². The maximum Gasteiger partial charge on any atom is 0.251 e. The second-order valence-corrected chi connectivity index (χ2v) is 6.31. The van der Waals surface area contributed by atoms with Crippen molar-refractivity contribution in [3.63, 3.8) is 0 Å². The van der Waals surface area contributed by atoms with Crippen molar-refractivity contribution >= 4 is 29.1 Å². The van der Waals surface area contributed by atoms with Crippen molar-refractivity contribution in [1.29, 1.82) is 0 Å². The summed E-state index contributed by atoms with van der Waals surface area (Å²) in [7, 11) is 0. The van der Waals surface area contributed by atoms with Gasteiger partial charge >= 0.3 is 0 Å². The summed E-state index contributed by atoms with van der Waals surface area (Å²) >= 11 is 11.9. The summed E-state index contributed by atoms with van der Waals surface area (Å²) in [6, 6.07) is 11.7. The standard InChI is InChI=1S/C17H15Cl2N5O3/c18-14-2-1-3-15(16(14)19)27-9-13(25)8-20-17(26)11-4-6-12(7-5-11)24-10-21-22-23-24/h1-7,10,13,25H,8-9H2,(H,20,26). The Morgan fingerprint density at radius 3 is 2.70 bits per heavy atom. The minimum absolute atomic E-state index is 0.0196. The van der Waals surface area contributed by atoms with E-state index in [9.17, 15) is 9.90 Å². The van der Waals surface area contributed by atoms with E-state index in [1.54, 1.807) is 42.5 Å². The molecule has 2 N–H and O–H groups in total. The number of halogens is 2. The minimum atomic E-state index is -0.913. The smallest absolute Gasteiger partial charge is 0.251 e. The maximum atomic E-state index is 12.2. The van der Waals surface area contributed by atoms with Gasteiger partial charge in [0, 0.05) is 12.1 Å². The monoisotopic (exact) mass is 407 g/mol. The number of tetrazole rings is 1. The van der Waals surface area contributed by atoms with E-state index in [0.717, 1.165) is 5.69 Å². The lowest BCUT2D eigenvalue weighted by Crippen LogP contribution is -2.35. The van der Waals surface area contributed by atoms with Gasteiger partial charge in [0.15, 0.2) is 0 Å². The highest BCUT2D eigenvalue weighted by molar-refractivity contribution is 6.42. The summed E-state index contributed by atoms with van der Waals surface area (Å²) in [5.74, 6) is 0.0471. The SMILES string of the molecule is O=C(NCC(O)COc1cccc(Cl)c1Cl)c1ccc(-n2cnnn2)cc1. The van der Waals surface area contributed by atoms with Gasteiger partial charge in [-0.05, 0) is 46.8 Å². The molecule has 0 aliphatic rings. The van der Waals surface area contributed by atoms with E-state index in [1.165, 1.54) is 11.0 Å². The fraction of sp³-hybridized carbons (Fsp3) is 0.176. The zero-order valence-electron chi connectivity index (χ0n) is 13.9. The van der Waals surface area contributed by atoms with Crippen LogP contribution in [0.25, 0.3) is 5.69 Å². The number of carbonyl (C=O) groups is 1. The molecule has 1 amide bonds. The van der Waals surface area contributed by atoms with Crippen LogP contribution in [0.5, 0.6) is 5.75 Å². The molecule has 1 unspecified atom stereocenters. The van der Waals surface area contributed by atoms with Gasteiger partial charge in [0.25, 0.3) is 5.91 Å². The molecule has 3 rings (SSSR count). The number of carbonyl (C=O) groups excluding carboxylic acids is 1. The predicted molar refractivity (Wildman–Crippen MR) is 99.5 cm³/mol. The van der Waals surface area contributed by atoms with Crippen LogP contribution in [0, 0.1) is 0 Å². The molecule has 0 saturated carbocycles. The third-order valence-corrected chi connectivity index (χ3v) is 4.39. The van der Waals surface area contributed by atoms with Crippen LogP contribution in [0.15, 0.2) is 48.8 Å². The van der Waals surface area contributed by atoms with Crippen molar-refractivity contribution in [3.05, 3.63) is 64.4 Å². The molecular weight excluding hydrogens is 393 g/mol. The second kappa shape index (κ2) is 8.81. The van der Waals surface area contributed by atoms with Gasteiger partial charge in [-0.25, -0.2) is 4.68 Å². The topological polar surface area (TPSA) is 102 Å². The molecule has 27 heavy (non-hydrogen) atoms. The largest absolute Gasteiger partial charge is 0.489 e. The van der Waals surface area contributed by atoms with E-state index in [2.05, 4.69) is 20.8 Å². The number of amides is 1. The van der Waals surface area contributed by atoms with Gasteiger partial charge in [0.05, 0.1) is 10.7 Å². The molecule has 1 atom stereocenters. The molecule has 3 aromatic rings. The molecule has 0 radical (unpaired) electrons. The van der Waals surface area contributed by atoms with E-state index < -0.39 is 6.10 Å². The van der Waals surface area contributed by atoms with E-state index >= 15 is 0 Å². The summed E-state index contributed by atoms with van der Waals surface area (Å²) in [4.78, 5) is 12.2. The third-order valence-electron chi connectivity index (χ3n) is 3.59. The van der Waals surface area contributed by atoms with Crippen molar-refractivity contribution in [2.45, 2.75) is 6.10 Å². The van der Waals surface area contributed by atoms with Crippen molar-refractivity contribution in [3.8, 4) is 11.4 Å². The molecule has 0 saturated heterocycles. The average Bonchev–Trinajstić information content (AvgIpc) is 3.22. The Hall–Kier alpha value is -2.68. The van der Waals surface area contributed by atoms with Crippen molar-refractivity contribution in [2.24, 2.45) is 0 Å². The molecule has 8 nitrogen and oxygen atoms in total. The van der Waals surface area contributed by atoms with Crippen LogP contribution < -0.4 is 10.1 Å². The quantitative estimate of drug-likeness (QED) is 0.621. The molecular formula is C17H15Cl2N5O3. The van der Waals surface area contributed by atoms with Crippen molar-refractivity contribution in [2.75, 3.05) is 13.2 Å². The van der Waals surface area contributed by atoms with Gasteiger partial charge < -0.3 is 15.2 Å². The van der Waals surface area contributed by atoms with Crippen LogP contribution in [0.2, 0.25) is 10.0 Å². The number of aromatic nitrogens is 4. The molecule has 0 bridgehead atoms. The van der Waals surface area contributed by atoms with Crippen LogP contribution in [0.1, 0.15) is 10.4 Å². The Morgan fingerprint density at radius 1 is 1.22 bits per heavy atom. The van der Waals surface area contributed by atoms with E-state index in [1.807, 2.05) is 0 Å². The van der Waals surface area contributed by atoms with Crippen LogP contribution in [-0.2, 0) is 0 Å². The van der Waals surface area contributed by atoms with E-state index in [0.29, 0.717) is 16.3 Å². The van der Waals surface area contributed by atoms with Gasteiger partial charge in [-0.15, -0.1) is 5.10 Å². The fourth-order valence-electron chi connectivity index (χ4n) is 2.20. The Bertz CT molecular complexity index is 903. The van der Waals surface area contributed by atoms with Crippen molar-refractivity contribution < 1.29 is 14.6 Å². The first kappa shape index (κ1) is 19.1. The lowest BCUT2D eigenvalue weighted by molar-refractivity contribution is 0.0844. The van der Waals surface area contributed by atoms with Crippen LogP contribution in [0.3, 0.4) is 0 Å². The summed E-state index contributed by atoms with van der Waals surface area (Å²) in [6.07, 6.45) is 0.543. The maximum absolute atomic E-state index is 12.2. The lowest BCUT2D eigenvalue weighted by atomic mass is 10.2. The minimum Gasteiger partial charge on any atom is -0.489 e. The van der Waals surface area contributed by atoms with Crippen LogP contribution >= 0.6 is 23.2 Å². The molecule has 0 spiro atoms. The molecule has 1 heterocycles. The number of aliphatic hydroxyl groups is 1. The van der Waals surface area contributed by atoms with E-state index in [4.69, 9.17) is 27.9 Å². The van der Waals surface area contributed by atoms with Crippen molar-refractivity contribution in [1.82, 2.24) is 25.5 Å². The number of benzene rings is 2. The van der Waals surface area contributed by atoms with Gasteiger partial charge in [-0.2, -0.15) is 0 Å². The highest BCUT2D eigenvalue weighted by Crippen LogP contribution is 2.31. The molecule has 10 heteroatoms. The Labute approximate surface area is 164 Å². The zero-order chi connectivity index (χ0) is 19.2. The fourth-order valence-corrected chi connectivity index (χ4v) is 2.54. The number of hydrogen-bond acceptors (Lipinski definition) is 6. The van der Waals surface area contributed by atoms with Gasteiger partial charge in [-0.1, -0.05) is 29.3 Å². The van der Waals surface area contributed by atoms with Gasteiger partial charge in [0.2, 0.25) is 0 Å². The Morgan fingerprint density at radius 2 is 2.00 bits per heavy atom. The molecule has 0 fully saturated rings. The van der Waals surface area contributed by atoms with Crippen LogP contribution in [0.4, 0.5) is 0 Å². The average molecular weight is 408 g/mol. The Balaban J connectivity index is 1.49. The number of rotatable bonds is 7. The zero-order valence-corrected chi connectivity index (χ0v) is 15.4. The van der Waals surface area contributed by atoms with E-state index in [-0.39, 0.29) is 24.1 Å². The third kappa shape index (κ3) is 4.94. The van der Waals surface area contributed by atoms with Crippen LogP contribution in [-0.4, -0.2) is 50.5 Å². The summed E-state index contributed by atoms with van der Waals surface area (Å²) in [5, 5.41) is 24.1. The molecule has 0 aliphatic carbocycles. The normalized spacial score (nSPS) is 11.8. The second-order valence-electron chi connectivity index (χ2n) is 5.53. The first-order chi connectivity index (χ1) is 13.0. The number of ether oxygens (including phenoxy) is 1. The molecule has 1 aromatic heterocycles. The number of nitrogens with zero attached hydrogens (tertiary/aromatic N) is 4. The number of nitrogens with one attached hydrogen (secondary N) is 1. The highest BCUT2D eigenvalue weighted by Gasteiger charge is 2.12. The van der Waals surface area contributed by atoms with Gasteiger partial charge in [-0.3, -0.25) is 4.79 Å². The molecule has 2 aromatic carbocycles. The molecule has 140 valence electrons. The Kier molecular flexibility index (Phi) is 6.23. The highest BCUT2D eigenvalue weighted by atomic mass is 35.5.